The summed E-state index contributed by atoms with van der Waals surface area (Å²) < 4.78 is 0. The standard InChI is InChI=1S/C18H19N3O2/c1-10(11-6-7-14-15(8-11)21-18(23)20-14)19-17-13-5-3-2-4-12(13)9-16(17)22/h2-8,10,16-17,19,22H,9H2,1H3,(H2,20,21,23). The van der Waals surface area contributed by atoms with Crippen LogP contribution >= 0.6 is 0 Å². The molecule has 4 N–H and O–H groups in total. The normalized spacial score (nSPS) is 21.5. The van der Waals surface area contributed by atoms with Crippen LogP contribution in [0.15, 0.2) is 47.3 Å². The molecule has 0 amide bonds. The molecule has 5 heteroatoms. The Kier molecular flexibility index (Phi) is 3.32. The van der Waals surface area contributed by atoms with Gasteiger partial charge in [-0.3, -0.25) is 0 Å². The highest BCUT2D eigenvalue weighted by molar-refractivity contribution is 5.75. The Morgan fingerprint density at radius 3 is 2.83 bits per heavy atom. The van der Waals surface area contributed by atoms with Crippen molar-refractivity contribution in [2.45, 2.75) is 31.5 Å². The lowest BCUT2D eigenvalue weighted by Crippen LogP contribution is -2.30. The number of hydrogen-bond donors (Lipinski definition) is 4. The summed E-state index contributed by atoms with van der Waals surface area (Å²) in [7, 11) is 0. The van der Waals surface area contributed by atoms with Crippen molar-refractivity contribution in [3.63, 3.8) is 0 Å². The van der Waals surface area contributed by atoms with Gasteiger partial charge < -0.3 is 20.4 Å². The first kappa shape index (κ1) is 14.2. The molecule has 0 radical (unpaired) electrons. The molecular formula is C18H19N3O2. The fraction of sp³-hybridized carbons (Fsp3) is 0.278. The monoisotopic (exact) mass is 309 g/mol. The number of nitrogens with one attached hydrogen (secondary N) is 3. The maximum Gasteiger partial charge on any atom is 0.323 e. The largest absolute Gasteiger partial charge is 0.391 e. The summed E-state index contributed by atoms with van der Waals surface area (Å²) >= 11 is 0. The highest BCUT2D eigenvalue weighted by atomic mass is 16.3. The number of imidazole rings is 1. The first-order chi connectivity index (χ1) is 11.1. The number of rotatable bonds is 3. The van der Waals surface area contributed by atoms with Crippen molar-refractivity contribution < 1.29 is 5.11 Å². The number of aromatic nitrogens is 2. The molecule has 0 spiro atoms. The van der Waals surface area contributed by atoms with E-state index >= 15 is 0 Å². The Morgan fingerprint density at radius 1 is 1.17 bits per heavy atom. The summed E-state index contributed by atoms with van der Waals surface area (Å²) in [5, 5.41) is 13.9. The first-order valence-electron chi connectivity index (χ1n) is 7.85. The molecule has 2 aromatic carbocycles. The van der Waals surface area contributed by atoms with E-state index in [1.54, 1.807) is 0 Å². The molecule has 0 bridgehead atoms. The van der Waals surface area contributed by atoms with E-state index in [2.05, 4.69) is 34.3 Å². The molecule has 3 unspecified atom stereocenters. The van der Waals surface area contributed by atoms with Crippen molar-refractivity contribution in [2.75, 3.05) is 0 Å². The molecule has 1 aliphatic rings. The number of aromatic amines is 2. The van der Waals surface area contributed by atoms with Gasteiger partial charge in [-0.2, -0.15) is 0 Å². The van der Waals surface area contributed by atoms with Crippen LogP contribution in [0, 0.1) is 0 Å². The van der Waals surface area contributed by atoms with E-state index in [0.717, 1.165) is 16.6 Å². The minimum absolute atomic E-state index is 0.0589. The lowest BCUT2D eigenvalue weighted by atomic mass is 10.0. The van der Waals surface area contributed by atoms with E-state index in [-0.39, 0.29) is 17.8 Å². The van der Waals surface area contributed by atoms with Crippen molar-refractivity contribution in [1.29, 1.82) is 0 Å². The molecule has 3 atom stereocenters. The van der Waals surface area contributed by atoms with Gasteiger partial charge in [0.2, 0.25) is 0 Å². The Morgan fingerprint density at radius 2 is 1.96 bits per heavy atom. The van der Waals surface area contributed by atoms with E-state index in [1.807, 2.05) is 30.3 Å². The summed E-state index contributed by atoms with van der Waals surface area (Å²) in [6.07, 6.45) is 0.274. The summed E-state index contributed by atoms with van der Waals surface area (Å²) in [5.41, 5.74) is 4.85. The third-order valence-corrected chi connectivity index (χ3v) is 4.67. The minimum Gasteiger partial charge on any atom is -0.391 e. The molecule has 4 rings (SSSR count). The second kappa shape index (κ2) is 5.37. The van der Waals surface area contributed by atoms with Crippen molar-refractivity contribution >= 4 is 11.0 Å². The van der Waals surface area contributed by atoms with Gasteiger partial charge in [0, 0.05) is 12.5 Å². The van der Waals surface area contributed by atoms with Crippen LogP contribution in [-0.4, -0.2) is 21.2 Å². The SMILES string of the molecule is CC(NC1c2ccccc2CC1O)c1ccc2[nH]c(=O)[nH]c2c1. The molecule has 1 aliphatic carbocycles. The highest BCUT2D eigenvalue weighted by Gasteiger charge is 2.31. The Balaban J connectivity index is 1.61. The molecule has 1 aromatic heterocycles. The summed E-state index contributed by atoms with van der Waals surface area (Å²) in [6, 6.07) is 14.0. The van der Waals surface area contributed by atoms with Gasteiger partial charge in [0.25, 0.3) is 0 Å². The molecule has 1 heterocycles. The quantitative estimate of drug-likeness (QED) is 0.598. The van der Waals surface area contributed by atoms with Crippen LogP contribution in [0.4, 0.5) is 0 Å². The van der Waals surface area contributed by atoms with Crippen LogP contribution in [0.2, 0.25) is 0 Å². The second-order valence-electron chi connectivity index (χ2n) is 6.22. The topological polar surface area (TPSA) is 80.9 Å². The molecule has 0 saturated carbocycles. The molecule has 0 aliphatic heterocycles. The zero-order valence-electron chi connectivity index (χ0n) is 12.8. The van der Waals surface area contributed by atoms with E-state index < -0.39 is 6.10 Å². The average molecular weight is 309 g/mol. The van der Waals surface area contributed by atoms with Crippen LogP contribution < -0.4 is 11.0 Å². The van der Waals surface area contributed by atoms with Crippen LogP contribution in [-0.2, 0) is 6.42 Å². The van der Waals surface area contributed by atoms with Crippen molar-refractivity contribution in [3.8, 4) is 0 Å². The summed E-state index contributed by atoms with van der Waals surface area (Å²) in [4.78, 5) is 16.9. The smallest absolute Gasteiger partial charge is 0.323 e. The minimum atomic E-state index is -0.411. The molecule has 23 heavy (non-hydrogen) atoms. The summed E-state index contributed by atoms with van der Waals surface area (Å²) in [6.45, 7) is 2.07. The number of aliphatic hydroxyl groups excluding tert-OH is 1. The maximum atomic E-state index is 11.4. The van der Waals surface area contributed by atoms with Crippen LogP contribution in [0.5, 0.6) is 0 Å². The van der Waals surface area contributed by atoms with E-state index in [4.69, 9.17) is 0 Å². The van der Waals surface area contributed by atoms with Gasteiger partial charge in [-0.15, -0.1) is 0 Å². The van der Waals surface area contributed by atoms with Gasteiger partial charge in [0.15, 0.2) is 0 Å². The molecule has 3 aromatic rings. The van der Waals surface area contributed by atoms with Crippen LogP contribution in [0.1, 0.15) is 35.7 Å². The van der Waals surface area contributed by atoms with Gasteiger partial charge in [0.1, 0.15) is 0 Å². The molecule has 118 valence electrons. The Labute approximate surface area is 133 Å². The Bertz CT molecular complexity index is 912. The zero-order valence-corrected chi connectivity index (χ0v) is 12.8. The molecule has 5 nitrogen and oxygen atoms in total. The summed E-state index contributed by atoms with van der Waals surface area (Å²) in [5.74, 6) is 0. The van der Waals surface area contributed by atoms with Crippen molar-refractivity contribution in [2.24, 2.45) is 0 Å². The number of hydrogen-bond acceptors (Lipinski definition) is 3. The highest BCUT2D eigenvalue weighted by Crippen LogP contribution is 2.33. The van der Waals surface area contributed by atoms with Crippen LogP contribution in [0.25, 0.3) is 11.0 Å². The fourth-order valence-corrected chi connectivity index (χ4v) is 3.46. The van der Waals surface area contributed by atoms with Crippen molar-refractivity contribution in [3.05, 3.63) is 69.6 Å². The van der Waals surface area contributed by atoms with Gasteiger partial charge in [-0.25, -0.2) is 4.79 Å². The number of H-pyrrole nitrogens is 2. The van der Waals surface area contributed by atoms with Crippen LogP contribution in [0.3, 0.4) is 0 Å². The second-order valence-corrected chi connectivity index (χ2v) is 6.22. The molecule has 0 saturated heterocycles. The predicted molar refractivity (Wildman–Crippen MR) is 89.4 cm³/mol. The third kappa shape index (κ3) is 2.48. The van der Waals surface area contributed by atoms with Gasteiger partial charge in [-0.05, 0) is 35.7 Å². The molecular weight excluding hydrogens is 290 g/mol. The lowest BCUT2D eigenvalue weighted by molar-refractivity contribution is 0.136. The first-order valence-corrected chi connectivity index (χ1v) is 7.85. The van der Waals surface area contributed by atoms with Crippen molar-refractivity contribution in [1.82, 2.24) is 15.3 Å². The number of aliphatic hydroxyl groups is 1. The third-order valence-electron chi connectivity index (χ3n) is 4.67. The van der Waals surface area contributed by atoms with E-state index in [9.17, 15) is 9.90 Å². The van der Waals surface area contributed by atoms with E-state index in [0.29, 0.717) is 6.42 Å². The Hall–Kier alpha value is -2.37. The molecule has 0 fully saturated rings. The van der Waals surface area contributed by atoms with Gasteiger partial charge in [0.05, 0.1) is 23.2 Å². The fourth-order valence-electron chi connectivity index (χ4n) is 3.46. The average Bonchev–Trinajstić information content (AvgIpc) is 3.06. The number of fused-ring (bicyclic) bond motifs is 2. The zero-order chi connectivity index (χ0) is 16.0. The maximum absolute atomic E-state index is 11.4. The van der Waals surface area contributed by atoms with Gasteiger partial charge >= 0.3 is 5.69 Å². The van der Waals surface area contributed by atoms with E-state index in [1.165, 1.54) is 11.1 Å². The lowest BCUT2D eigenvalue weighted by Gasteiger charge is -2.23. The van der Waals surface area contributed by atoms with Gasteiger partial charge in [-0.1, -0.05) is 30.3 Å². The predicted octanol–water partition coefficient (Wildman–Crippen LogP) is 2.17. The number of benzene rings is 2.